The first-order valence-electron chi connectivity index (χ1n) is 14.6. The van der Waals surface area contributed by atoms with Crippen molar-refractivity contribution in [3.8, 4) is 28.3 Å². The maximum Gasteiger partial charge on any atom is 0.320 e. The number of likely N-dealkylation sites (tertiary alicyclic amines) is 1. The van der Waals surface area contributed by atoms with Gasteiger partial charge < -0.3 is 15.2 Å². The number of hydrogen-bond donors (Lipinski definition) is 2. The number of fused-ring (bicyclic) bond motifs is 1. The van der Waals surface area contributed by atoms with Gasteiger partial charge in [-0.05, 0) is 68.6 Å². The maximum atomic E-state index is 11.8. The summed E-state index contributed by atoms with van der Waals surface area (Å²) in [5, 5.41) is 13.7. The zero-order chi connectivity index (χ0) is 30.8. The van der Waals surface area contributed by atoms with Gasteiger partial charge in [-0.3, -0.25) is 14.7 Å². The molecule has 1 fully saturated rings. The van der Waals surface area contributed by atoms with Crippen LogP contribution in [0, 0.1) is 13.8 Å². The SMILES string of the molecule is COc1nc(-c2cccc(-c3cccc(Nc4nc(C)nc5cccnc45)c3C)c2Cl)ccc1CN1CCCCC1C(=O)O. The van der Waals surface area contributed by atoms with Crippen molar-refractivity contribution >= 4 is 40.1 Å². The number of aliphatic carboxylic acids is 1. The van der Waals surface area contributed by atoms with Gasteiger partial charge in [-0.15, -0.1) is 0 Å². The van der Waals surface area contributed by atoms with Gasteiger partial charge in [-0.2, -0.15) is 0 Å². The number of ether oxygens (including phenoxy) is 1. The minimum absolute atomic E-state index is 0.455. The molecular formula is C34H33ClN6O3. The highest BCUT2D eigenvalue weighted by molar-refractivity contribution is 6.36. The van der Waals surface area contributed by atoms with Crippen molar-refractivity contribution in [3.63, 3.8) is 0 Å². The van der Waals surface area contributed by atoms with Crippen molar-refractivity contribution in [3.05, 3.63) is 88.8 Å². The number of hydrogen-bond acceptors (Lipinski definition) is 8. The third-order valence-electron chi connectivity index (χ3n) is 8.12. The molecule has 1 saturated heterocycles. The number of methoxy groups -OCH3 is 1. The van der Waals surface area contributed by atoms with Crippen LogP contribution in [0.15, 0.2) is 66.9 Å². The lowest BCUT2D eigenvalue weighted by Crippen LogP contribution is -2.44. The van der Waals surface area contributed by atoms with E-state index in [0.717, 1.165) is 58.4 Å². The van der Waals surface area contributed by atoms with Gasteiger partial charge in [-0.25, -0.2) is 15.0 Å². The zero-order valence-electron chi connectivity index (χ0n) is 24.8. The molecule has 44 heavy (non-hydrogen) atoms. The maximum absolute atomic E-state index is 11.8. The average Bonchev–Trinajstić information content (AvgIpc) is 3.02. The predicted octanol–water partition coefficient (Wildman–Crippen LogP) is 7.22. The van der Waals surface area contributed by atoms with Gasteiger partial charge in [0.05, 0.1) is 23.3 Å². The molecule has 0 saturated carbocycles. The fourth-order valence-corrected chi connectivity index (χ4v) is 6.22. The van der Waals surface area contributed by atoms with Crippen LogP contribution in [0.4, 0.5) is 11.5 Å². The van der Waals surface area contributed by atoms with Crippen LogP contribution in [-0.2, 0) is 11.3 Å². The topological polar surface area (TPSA) is 113 Å². The molecule has 0 amide bonds. The highest BCUT2D eigenvalue weighted by Crippen LogP contribution is 2.40. The standard InChI is InChI=1S/C34H33ClN6O3/c1-20-23(9-7-12-26(20)39-32-31-28(13-8-17-36-31)37-21(2)38-32)24-10-6-11-25(30(24)35)27-16-15-22(33(40-27)44-3)19-41-18-5-4-14-29(41)34(42)43/h6-13,15-17,29H,4-5,14,18-19H2,1-3H3,(H,42,43)(H,37,38,39). The number of aromatic nitrogens is 4. The lowest BCUT2D eigenvalue weighted by Gasteiger charge is -2.33. The summed E-state index contributed by atoms with van der Waals surface area (Å²) in [5.74, 6) is 0.971. The smallest absolute Gasteiger partial charge is 0.320 e. The van der Waals surface area contributed by atoms with Gasteiger partial charge in [0, 0.05) is 35.1 Å². The number of carboxylic acids is 1. The lowest BCUT2D eigenvalue weighted by atomic mass is 9.96. The van der Waals surface area contributed by atoms with E-state index in [4.69, 9.17) is 21.3 Å². The van der Waals surface area contributed by atoms with E-state index in [0.29, 0.717) is 46.7 Å². The highest BCUT2D eigenvalue weighted by atomic mass is 35.5. The number of pyridine rings is 2. The number of nitrogens with zero attached hydrogens (tertiary/aromatic N) is 5. The number of halogens is 1. The van der Waals surface area contributed by atoms with E-state index in [9.17, 15) is 9.90 Å². The first kappa shape index (κ1) is 29.5. The van der Waals surface area contributed by atoms with Gasteiger partial charge in [-0.1, -0.05) is 54.4 Å². The molecule has 10 heteroatoms. The van der Waals surface area contributed by atoms with Crippen LogP contribution in [0.25, 0.3) is 33.4 Å². The Bertz CT molecular complexity index is 1860. The number of carboxylic acid groups (broad SMARTS) is 1. The summed E-state index contributed by atoms with van der Waals surface area (Å²) < 4.78 is 5.68. The number of carbonyl (C=O) groups is 1. The average molecular weight is 609 g/mol. The fraction of sp³-hybridized carbons (Fsp3) is 0.265. The Morgan fingerprint density at radius 2 is 1.80 bits per heavy atom. The van der Waals surface area contributed by atoms with Gasteiger partial charge in [0.15, 0.2) is 5.82 Å². The van der Waals surface area contributed by atoms with Crippen LogP contribution in [0.5, 0.6) is 5.88 Å². The van der Waals surface area contributed by atoms with Crippen molar-refractivity contribution < 1.29 is 14.6 Å². The molecule has 4 heterocycles. The Hall–Kier alpha value is -4.60. The predicted molar refractivity (Wildman–Crippen MR) is 172 cm³/mol. The van der Waals surface area contributed by atoms with Gasteiger partial charge in [0.2, 0.25) is 5.88 Å². The number of nitrogens with one attached hydrogen (secondary N) is 1. The Labute approximate surface area is 260 Å². The van der Waals surface area contributed by atoms with Crippen molar-refractivity contribution in [2.75, 3.05) is 19.0 Å². The first-order chi connectivity index (χ1) is 21.3. The van der Waals surface area contributed by atoms with Gasteiger partial charge in [0.1, 0.15) is 17.4 Å². The van der Waals surface area contributed by atoms with E-state index in [-0.39, 0.29) is 0 Å². The molecule has 5 aromatic rings. The normalized spacial score (nSPS) is 15.3. The van der Waals surface area contributed by atoms with Gasteiger partial charge in [0.25, 0.3) is 0 Å². The summed E-state index contributed by atoms with van der Waals surface area (Å²) in [6.07, 6.45) is 4.27. The van der Waals surface area contributed by atoms with E-state index in [1.165, 1.54) is 0 Å². The molecule has 1 atom stereocenters. The third-order valence-corrected chi connectivity index (χ3v) is 8.53. The van der Waals surface area contributed by atoms with Crippen LogP contribution in [-0.4, -0.2) is 55.6 Å². The third kappa shape index (κ3) is 5.80. The largest absolute Gasteiger partial charge is 0.481 e. The quantitative estimate of drug-likeness (QED) is 0.188. The second kappa shape index (κ2) is 12.6. The summed E-state index contributed by atoms with van der Waals surface area (Å²) in [6, 6.07) is 19.1. The van der Waals surface area contributed by atoms with E-state index in [1.807, 2.05) is 79.4 Å². The van der Waals surface area contributed by atoms with Crippen molar-refractivity contribution in [1.82, 2.24) is 24.8 Å². The number of benzene rings is 2. The molecule has 224 valence electrons. The molecule has 0 radical (unpaired) electrons. The summed E-state index contributed by atoms with van der Waals surface area (Å²) in [6.45, 7) is 5.09. The van der Waals surface area contributed by atoms with Crippen molar-refractivity contribution in [2.45, 2.75) is 45.7 Å². The highest BCUT2D eigenvalue weighted by Gasteiger charge is 2.29. The van der Waals surface area contributed by atoms with Crippen LogP contribution < -0.4 is 10.1 Å². The summed E-state index contributed by atoms with van der Waals surface area (Å²) in [5.41, 5.74) is 7.49. The lowest BCUT2D eigenvalue weighted by molar-refractivity contribution is -0.144. The molecule has 2 aromatic carbocycles. The summed E-state index contributed by atoms with van der Waals surface area (Å²) >= 11 is 7.10. The molecule has 3 aromatic heterocycles. The molecule has 9 nitrogen and oxygen atoms in total. The van der Waals surface area contributed by atoms with Crippen molar-refractivity contribution in [1.29, 1.82) is 0 Å². The number of piperidine rings is 1. The molecule has 0 aliphatic carbocycles. The molecule has 1 aliphatic heterocycles. The molecule has 0 bridgehead atoms. The summed E-state index contributed by atoms with van der Waals surface area (Å²) in [4.78, 5) is 32.2. The van der Waals surface area contributed by atoms with Crippen LogP contribution in [0.1, 0.15) is 36.2 Å². The molecule has 2 N–H and O–H groups in total. The molecule has 1 aliphatic rings. The number of aryl methyl sites for hydroxylation is 1. The van der Waals surface area contributed by atoms with Crippen LogP contribution in [0.3, 0.4) is 0 Å². The van der Waals surface area contributed by atoms with Gasteiger partial charge >= 0.3 is 5.97 Å². The summed E-state index contributed by atoms with van der Waals surface area (Å²) in [7, 11) is 1.58. The molecule has 6 rings (SSSR count). The monoisotopic (exact) mass is 608 g/mol. The Morgan fingerprint density at radius 1 is 1.00 bits per heavy atom. The Balaban J connectivity index is 1.32. The number of anilines is 2. The van der Waals surface area contributed by atoms with E-state index < -0.39 is 12.0 Å². The molecule has 1 unspecified atom stereocenters. The molecular weight excluding hydrogens is 576 g/mol. The van der Waals surface area contributed by atoms with E-state index in [2.05, 4.69) is 20.3 Å². The van der Waals surface area contributed by atoms with Crippen LogP contribution in [0.2, 0.25) is 5.02 Å². The van der Waals surface area contributed by atoms with E-state index in [1.54, 1.807) is 13.3 Å². The molecule has 0 spiro atoms. The van der Waals surface area contributed by atoms with E-state index >= 15 is 0 Å². The van der Waals surface area contributed by atoms with Crippen molar-refractivity contribution in [2.24, 2.45) is 0 Å². The number of rotatable bonds is 8. The zero-order valence-corrected chi connectivity index (χ0v) is 25.6. The second-order valence-corrected chi connectivity index (χ2v) is 11.3. The van der Waals surface area contributed by atoms with Crippen LogP contribution >= 0.6 is 11.6 Å². The minimum atomic E-state index is -0.788. The Kier molecular flexibility index (Phi) is 8.41. The Morgan fingerprint density at radius 3 is 2.61 bits per heavy atom. The second-order valence-electron chi connectivity index (χ2n) is 10.9. The minimum Gasteiger partial charge on any atom is -0.481 e. The fourth-order valence-electron chi connectivity index (χ4n) is 5.89. The first-order valence-corrected chi connectivity index (χ1v) is 15.0.